The molecule has 0 bridgehead atoms. The van der Waals surface area contributed by atoms with Crippen molar-refractivity contribution >= 4 is 11.6 Å². The molecular formula is C19H18F3N3O. The van der Waals surface area contributed by atoms with E-state index in [1.807, 2.05) is 37.3 Å². The van der Waals surface area contributed by atoms with Crippen LogP contribution in [0.2, 0.25) is 0 Å². The van der Waals surface area contributed by atoms with Crippen LogP contribution in [0.4, 0.5) is 13.2 Å². The quantitative estimate of drug-likeness (QED) is 0.699. The van der Waals surface area contributed by atoms with Crippen LogP contribution >= 0.6 is 0 Å². The van der Waals surface area contributed by atoms with Crippen LogP contribution in [0, 0.1) is 0 Å². The van der Waals surface area contributed by atoms with Crippen molar-refractivity contribution in [2.24, 2.45) is 0 Å². The first-order valence-corrected chi connectivity index (χ1v) is 8.19. The molecule has 1 amide bonds. The molecule has 0 saturated carbocycles. The first-order valence-electron chi connectivity index (χ1n) is 8.19. The van der Waals surface area contributed by atoms with Gasteiger partial charge < -0.3 is 4.90 Å². The van der Waals surface area contributed by atoms with Gasteiger partial charge in [-0.05, 0) is 24.1 Å². The zero-order valence-electron chi connectivity index (χ0n) is 14.4. The van der Waals surface area contributed by atoms with Crippen LogP contribution in [0.1, 0.15) is 34.2 Å². The van der Waals surface area contributed by atoms with Gasteiger partial charge in [0.15, 0.2) is 0 Å². The van der Waals surface area contributed by atoms with Crippen LogP contribution in [0.5, 0.6) is 0 Å². The number of pyridine rings is 1. The van der Waals surface area contributed by atoms with E-state index in [0.29, 0.717) is 24.3 Å². The minimum atomic E-state index is -4.49. The molecule has 2 heterocycles. The highest BCUT2D eigenvalue weighted by Crippen LogP contribution is 2.30. The number of imidazole rings is 1. The van der Waals surface area contributed by atoms with Gasteiger partial charge in [-0.25, -0.2) is 4.98 Å². The first-order chi connectivity index (χ1) is 12.3. The number of hydrogen-bond acceptors (Lipinski definition) is 2. The highest BCUT2D eigenvalue weighted by Gasteiger charge is 2.32. The number of carbonyl (C=O) groups excluding carboxylic acids is 1. The van der Waals surface area contributed by atoms with Crippen LogP contribution in [-0.4, -0.2) is 27.2 Å². The molecule has 136 valence electrons. The Bertz CT molecular complexity index is 932. The molecule has 0 radical (unpaired) electrons. The number of benzene rings is 1. The van der Waals surface area contributed by atoms with Crippen LogP contribution < -0.4 is 0 Å². The Labute approximate surface area is 148 Å². The smallest absolute Gasteiger partial charge is 0.336 e. The van der Waals surface area contributed by atoms with Gasteiger partial charge in [0.2, 0.25) is 0 Å². The van der Waals surface area contributed by atoms with Crippen molar-refractivity contribution in [3.63, 3.8) is 0 Å². The summed E-state index contributed by atoms with van der Waals surface area (Å²) >= 11 is 0. The molecule has 7 heteroatoms. The third-order valence-electron chi connectivity index (χ3n) is 4.16. The minimum Gasteiger partial charge on any atom is -0.336 e. The van der Waals surface area contributed by atoms with Crippen LogP contribution in [0.15, 0.2) is 48.7 Å². The van der Waals surface area contributed by atoms with Crippen LogP contribution in [-0.2, 0) is 19.1 Å². The van der Waals surface area contributed by atoms with Gasteiger partial charge in [0, 0.05) is 19.8 Å². The third kappa shape index (κ3) is 3.42. The zero-order valence-corrected chi connectivity index (χ0v) is 14.4. The van der Waals surface area contributed by atoms with Gasteiger partial charge in [-0.3, -0.25) is 9.20 Å². The van der Waals surface area contributed by atoms with Crippen molar-refractivity contribution in [3.05, 3.63) is 71.2 Å². The van der Waals surface area contributed by atoms with E-state index >= 15 is 0 Å². The Morgan fingerprint density at radius 3 is 2.46 bits per heavy atom. The Balaban J connectivity index is 2.02. The lowest BCUT2D eigenvalue weighted by molar-refractivity contribution is -0.137. The van der Waals surface area contributed by atoms with E-state index in [9.17, 15) is 18.0 Å². The molecule has 0 fully saturated rings. The number of fused-ring (bicyclic) bond motifs is 1. The van der Waals surface area contributed by atoms with Gasteiger partial charge in [-0.1, -0.05) is 37.3 Å². The average molecular weight is 361 g/mol. The number of carbonyl (C=O) groups is 1. The molecule has 4 nitrogen and oxygen atoms in total. The largest absolute Gasteiger partial charge is 0.417 e. The monoisotopic (exact) mass is 361 g/mol. The highest BCUT2D eigenvalue weighted by molar-refractivity contribution is 5.94. The van der Waals surface area contributed by atoms with Crippen molar-refractivity contribution in [2.45, 2.75) is 26.1 Å². The highest BCUT2D eigenvalue weighted by atomic mass is 19.4. The summed E-state index contributed by atoms with van der Waals surface area (Å²) in [5.41, 5.74) is 1.10. The summed E-state index contributed by atoms with van der Waals surface area (Å²) < 4.78 is 40.4. The topological polar surface area (TPSA) is 37.6 Å². The molecule has 0 aliphatic rings. The maximum Gasteiger partial charge on any atom is 0.417 e. The second-order valence-corrected chi connectivity index (χ2v) is 6.05. The zero-order chi connectivity index (χ0) is 18.9. The number of alkyl halides is 3. The normalized spacial score (nSPS) is 11.7. The Morgan fingerprint density at radius 1 is 1.15 bits per heavy atom. The molecule has 0 aliphatic carbocycles. The molecule has 2 aromatic heterocycles. The molecule has 1 aromatic carbocycles. The summed E-state index contributed by atoms with van der Waals surface area (Å²) in [4.78, 5) is 18.7. The minimum absolute atomic E-state index is 0.173. The summed E-state index contributed by atoms with van der Waals surface area (Å²) in [6, 6.07) is 11.7. The van der Waals surface area contributed by atoms with Crippen molar-refractivity contribution in [1.29, 1.82) is 0 Å². The van der Waals surface area contributed by atoms with E-state index in [-0.39, 0.29) is 11.6 Å². The fourth-order valence-electron chi connectivity index (χ4n) is 2.84. The number of amides is 1. The van der Waals surface area contributed by atoms with Crippen molar-refractivity contribution in [2.75, 3.05) is 7.05 Å². The summed E-state index contributed by atoms with van der Waals surface area (Å²) in [6.45, 7) is 2.18. The number of aryl methyl sites for hydroxylation is 1. The fraction of sp³-hybridized carbons (Fsp3) is 0.263. The summed E-state index contributed by atoms with van der Waals surface area (Å²) in [5, 5.41) is 0. The van der Waals surface area contributed by atoms with Gasteiger partial charge in [-0.15, -0.1) is 0 Å². The van der Waals surface area contributed by atoms with Crippen LogP contribution in [0.3, 0.4) is 0 Å². The van der Waals surface area contributed by atoms with Gasteiger partial charge in [0.1, 0.15) is 11.3 Å². The third-order valence-corrected chi connectivity index (χ3v) is 4.16. The first kappa shape index (κ1) is 18.0. The molecule has 0 unspecified atom stereocenters. The average Bonchev–Trinajstić information content (AvgIpc) is 2.98. The molecule has 0 N–H and O–H groups in total. The SMILES string of the molecule is CCc1nc2ccc(C(F)(F)F)cn2c1C(=O)N(C)Cc1ccccc1. The Kier molecular flexibility index (Phi) is 4.71. The lowest BCUT2D eigenvalue weighted by Crippen LogP contribution is -2.28. The molecule has 3 aromatic rings. The standard InChI is InChI=1S/C19H18F3N3O/c1-3-15-17(18(26)24(2)11-13-7-5-4-6-8-13)25-12-14(19(20,21)22)9-10-16(25)23-15/h4-10,12H,3,11H2,1-2H3. The predicted octanol–water partition coefficient (Wildman–Crippen LogP) is 4.19. The number of aromatic nitrogens is 2. The lowest BCUT2D eigenvalue weighted by atomic mass is 10.2. The Morgan fingerprint density at radius 2 is 1.85 bits per heavy atom. The molecule has 0 saturated heterocycles. The lowest BCUT2D eigenvalue weighted by Gasteiger charge is -2.18. The van der Waals surface area contributed by atoms with Crippen LogP contribution in [0.25, 0.3) is 5.65 Å². The number of halogens is 3. The molecule has 0 aliphatic heterocycles. The second-order valence-electron chi connectivity index (χ2n) is 6.05. The van der Waals surface area contributed by atoms with Gasteiger partial charge in [0.25, 0.3) is 5.91 Å². The fourth-order valence-corrected chi connectivity index (χ4v) is 2.84. The van der Waals surface area contributed by atoms with E-state index in [2.05, 4.69) is 4.98 Å². The van der Waals surface area contributed by atoms with E-state index in [0.717, 1.165) is 17.8 Å². The molecule has 0 spiro atoms. The number of rotatable bonds is 4. The maximum absolute atomic E-state index is 13.1. The Hall–Kier alpha value is -2.83. The molecule has 3 rings (SSSR count). The molecule has 26 heavy (non-hydrogen) atoms. The van der Waals surface area contributed by atoms with E-state index in [1.54, 1.807) is 7.05 Å². The summed E-state index contributed by atoms with van der Waals surface area (Å²) in [6.07, 6.45) is -3.10. The predicted molar refractivity (Wildman–Crippen MR) is 91.8 cm³/mol. The number of hydrogen-bond donors (Lipinski definition) is 0. The van der Waals surface area contributed by atoms with Gasteiger partial charge >= 0.3 is 6.18 Å². The van der Waals surface area contributed by atoms with E-state index < -0.39 is 11.7 Å². The summed E-state index contributed by atoms with van der Waals surface area (Å²) in [5.74, 6) is -0.363. The van der Waals surface area contributed by atoms with Gasteiger partial charge in [0.05, 0.1) is 11.3 Å². The van der Waals surface area contributed by atoms with E-state index in [4.69, 9.17) is 0 Å². The maximum atomic E-state index is 13.1. The summed E-state index contributed by atoms with van der Waals surface area (Å²) in [7, 11) is 1.63. The van der Waals surface area contributed by atoms with Crippen molar-refractivity contribution < 1.29 is 18.0 Å². The second kappa shape index (κ2) is 6.82. The number of nitrogens with zero attached hydrogens (tertiary/aromatic N) is 3. The van der Waals surface area contributed by atoms with Crippen molar-refractivity contribution in [3.8, 4) is 0 Å². The van der Waals surface area contributed by atoms with E-state index in [1.165, 1.54) is 15.4 Å². The molecular weight excluding hydrogens is 343 g/mol. The van der Waals surface area contributed by atoms with Gasteiger partial charge in [-0.2, -0.15) is 13.2 Å². The molecule has 0 atom stereocenters. The van der Waals surface area contributed by atoms with Crippen molar-refractivity contribution in [1.82, 2.24) is 14.3 Å².